The van der Waals surface area contributed by atoms with Gasteiger partial charge < -0.3 is 9.64 Å². The lowest BCUT2D eigenvalue weighted by Gasteiger charge is -2.32. The number of hydrogen-bond acceptors (Lipinski definition) is 6. The number of carbonyl (C=O) groups is 1. The molecule has 8 heteroatoms. The van der Waals surface area contributed by atoms with E-state index >= 15 is 0 Å². The number of aromatic nitrogens is 4. The van der Waals surface area contributed by atoms with Gasteiger partial charge in [-0.3, -0.25) is 4.79 Å². The van der Waals surface area contributed by atoms with Crippen LogP contribution in [0, 0.1) is 5.82 Å². The molecule has 0 spiro atoms. The molecule has 1 saturated heterocycles. The molecule has 1 atom stereocenters. The Hall–Kier alpha value is -4.20. The van der Waals surface area contributed by atoms with Crippen molar-refractivity contribution in [3.05, 3.63) is 96.6 Å². The van der Waals surface area contributed by atoms with Crippen molar-refractivity contribution in [1.82, 2.24) is 24.8 Å². The Bertz CT molecular complexity index is 1300. The topological polar surface area (TPSA) is 81.1 Å². The highest BCUT2D eigenvalue weighted by molar-refractivity contribution is 5.93. The minimum atomic E-state index is -0.368. The summed E-state index contributed by atoms with van der Waals surface area (Å²) < 4.78 is 19.2. The molecular formula is C26H22FN5O2. The second-order valence-corrected chi connectivity index (χ2v) is 8.09. The maximum Gasteiger partial charge on any atom is 0.272 e. The molecule has 1 amide bonds. The Labute approximate surface area is 196 Å². The number of nitrogens with zero attached hydrogens (tertiary/aromatic N) is 5. The lowest BCUT2D eigenvalue weighted by atomic mass is 9.94. The summed E-state index contributed by atoms with van der Waals surface area (Å²) in [6.07, 6.45) is 6.57. The molecule has 1 aliphatic heterocycles. The average Bonchev–Trinajstić information content (AvgIpc) is 2.89. The monoisotopic (exact) mass is 455 g/mol. The summed E-state index contributed by atoms with van der Waals surface area (Å²) in [6, 6.07) is 16.9. The number of benzene rings is 1. The molecule has 0 N–H and O–H groups in total. The first-order valence-electron chi connectivity index (χ1n) is 11.1. The van der Waals surface area contributed by atoms with E-state index in [2.05, 4.69) is 19.9 Å². The van der Waals surface area contributed by atoms with E-state index in [9.17, 15) is 9.18 Å². The van der Waals surface area contributed by atoms with Crippen LogP contribution in [0.1, 0.15) is 34.9 Å². The highest BCUT2D eigenvalue weighted by atomic mass is 19.1. The van der Waals surface area contributed by atoms with Gasteiger partial charge in [-0.2, -0.15) is 0 Å². The average molecular weight is 455 g/mol. The first-order valence-corrected chi connectivity index (χ1v) is 11.1. The van der Waals surface area contributed by atoms with Gasteiger partial charge in [-0.15, -0.1) is 0 Å². The van der Waals surface area contributed by atoms with Crippen molar-refractivity contribution in [3.63, 3.8) is 0 Å². The third-order valence-corrected chi connectivity index (χ3v) is 5.72. The van der Waals surface area contributed by atoms with Crippen LogP contribution in [0.2, 0.25) is 0 Å². The Balaban J connectivity index is 1.31. The molecule has 0 aliphatic carbocycles. The summed E-state index contributed by atoms with van der Waals surface area (Å²) in [4.78, 5) is 32.3. The number of hydrogen-bond donors (Lipinski definition) is 0. The maximum absolute atomic E-state index is 13.5. The zero-order chi connectivity index (χ0) is 23.3. The van der Waals surface area contributed by atoms with Crippen LogP contribution in [0.15, 0.2) is 79.4 Å². The van der Waals surface area contributed by atoms with Gasteiger partial charge in [-0.25, -0.2) is 24.3 Å². The zero-order valence-electron chi connectivity index (χ0n) is 18.3. The van der Waals surface area contributed by atoms with Crippen molar-refractivity contribution in [3.8, 4) is 22.9 Å². The molecule has 1 aliphatic rings. The molecule has 1 aromatic carbocycles. The summed E-state index contributed by atoms with van der Waals surface area (Å²) in [5.74, 6) is 0.369. The Morgan fingerprint density at radius 2 is 1.82 bits per heavy atom. The molecule has 5 rings (SSSR count). The Morgan fingerprint density at radius 3 is 2.68 bits per heavy atom. The van der Waals surface area contributed by atoms with Crippen molar-refractivity contribution in [2.75, 3.05) is 13.1 Å². The zero-order valence-corrected chi connectivity index (χ0v) is 18.3. The van der Waals surface area contributed by atoms with E-state index in [1.165, 1.54) is 18.5 Å². The van der Waals surface area contributed by atoms with Gasteiger partial charge in [0.2, 0.25) is 5.88 Å². The van der Waals surface area contributed by atoms with E-state index in [0.29, 0.717) is 36.1 Å². The van der Waals surface area contributed by atoms with E-state index in [4.69, 9.17) is 4.74 Å². The van der Waals surface area contributed by atoms with E-state index in [0.717, 1.165) is 24.1 Å². The molecule has 4 heterocycles. The quantitative estimate of drug-likeness (QED) is 0.426. The first-order chi connectivity index (χ1) is 16.7. The summed E-state index contributed by atoms with van der Waals surface area (Å²) in [5.41, 5.74) is 2.64. The molecule has 0 saturated carbocycles. The maximum atomic E-state index is 13.5. The van der Waals surface area contributed by atoms with E-state index in [1.54, 1.807) is 36.7 Å². The normalized spacial score (nSPS) is 15.7. The lowest BCUT2D eigenvalue weighted by molar-refractivity contribution is 0.0700. The second kappa shape index (κ2) is 9.74. The van der Waals surface area contributed by atoms with E-state index < -0.39 is 0 Å². The van der Waals surface area contributed by atoms with Crippen LogP contribution in [0.5, 0.6) is 11.6 Å². The van der Waals surface area contributed by atoms with Crippen molar-refractivity contribution < 1.29 is 13.9 Å². The van der Waals surface area contributed by atoms with Crippen LogP contribution >= 0.6 is 0 Å². The molecule has 34 heavy (non-hydrogen) atoms. The van der Waals surface area contributed by atoms with Crippen molar-refractivity contribution in [2.45, 2.75) is 18.8 Å². The van der Waals surface area contributed by atoms with Gasteiger partial charge in [-0.1, -0.05) is 18.2 Å². The number of pyridine rings is 2. The third-order valence-electron chi connectivity index (χ3n) is 5.72. The Morgan fingerprint density at radius 1 is 1.00 bits per heavy atom. The molecule has 7 nitrogen and oxygen atoms in total. The summed E-state index contributed by atoms with van der Waals surface area (Å²) in [7, 11) is 0. The van der Waals surface area contributed by atoms with Gasteiger partial charge in [0.1, 0.15) is 23.6 Å². The fraction of sp³-hybridized carbons (Fsp3) is 0.192. The highest BCUT2D eigenvalue weighted by Crippen LogP contribution is 2.29. The lowest BCUT2D eigenvalue weighted by Crippen LogP contribution is -2.39. The number of halogens is 1. The molecule has 0 bridgehead atoms. The summed E-state index contributed by atoms with van der Waals surface area (Å²) in [6.45, 7) is 1.20. The first kappa shape index (κ1) is 21.6. The summed E-state index contributed by atoms with van der Waals surface area (Å²) >= 11 is 0. The third kappa shape index (κ3) is 4.91. The fourth-order valence-electron chi connectivity index (χ4n) is 4.08. The molecule has 170 valence electrons. The molecule has 3 aromatic heterocycles. The van der Waals surface area contributed by atoms with Gasteiger partial charge in [0.05, 0.1) is 5.69 Å². The molecule has 0 radical (unpaired) electrons. The standard InChI is InChI=1S/C26H22FN5O2/c27-20-6-1-7-21(13-20)34-25-11-3-9-22(31-25)18-5-4-12-32(16-18)26(33)24-10-2-8-23(30-24)19-14-28-17-29-15-19/h1-3,6-11,13-15,17-18H,4-5,12,16H2. The van der Waals surface area contributed by atoms with Crippen LogP contribution in [0.25, 0.3) is 11.3 Å². The summed E-state index contributed by atoms with van der Waals surface area (Å²) in [5, 5.41) is 0. The molecule has 4 aromatic rings. The second-order valence-electron chi connectivity index (χ2n) is 8.09. The van der Waals surface area contributed by atoms with Gasteiger partial charge in [0, 0.05) is 54.8 Å². The van der Waals surface area contributed by atoms with Crippen LogP contribution in [0.4, 0.5) is 4.39 Å². The number of likely N-dealkylation sites (tertiary alicyclic amines) is 1. The van der Waals surface area contributed by atoms with Crippen LogP contribution in [-0.2, 0) is 0 Å². The largest absolute Gasteiger partial charge is 0.439 e. The molecule has 1 fully saturated rings. The number of carbonyl (C=O) groups excluding carboxylic acids is 1. The van der Waals surface area contributed by atoms with Crippen molar-refractivity contribution in [2.24, 2.45) is 0 Å². The van der Waals surface area contributed by atoms with Crippen LogP contribution in [0.3, 0.4) is 0 Å². The number of piperidine rings is 1. The molecule has 1 unspecified atom stereocenters. The van der Waals surface area contributed by atoms with E-state index in [1.807, 2.05) is 29.2 Å². The number of rotatable bonds is 5. The van der Waals surface area contributed by atoms with Gasteiger partial charge in [0.25, 0.3) is 5.91 Å². The van der Waals surface area contributed by atoms with Crippen molar-refractivity contribution in [1.29, 1.82) is 0 Å². The van der Waals surface area contributed by atoms with Gasteiger partial charge in [0.15, 0.2) is 0 Å². The minimum absolute atomic E-state index is 0.0689. The predicted octanol–water partition coefficient (Wildman–Crippen LogP) is 4.88. The fourth-order valence-corrected chi connectivity index (χ4v) is 4.08. The molecular weight excluding hydrogens is 433 g/mol. The predicted molar refractivity (Wildman–Crippen MR) is 124 cm³/mol. The van der Waals surface area contributed by atoms with Gasteiger partial charge >= 0.3 is 0 Å². The SMILES string of the molecule is O=C(c1cccc(-c2cncnc2)n1)N1CCCC(c2cccc(Oc3cccc(F)c3)n2)C1. The smallest absolute Gasteiger partial charge is 0.272 e. The minimum Gasteiger partial charge on any atom is -0.439 e. The van der Waals surface area contributed by atoms with Crippen molar-refractivity contribution >= 4 is 5.91 Å². The number of ether oxygens (including phenoxy) is 1. The highest BCUT2D eigenvalue weighted by Gasteiger charge is 2.27. The number of amides is 1. The Kier molecular flexibility index (Phi) is 6.20. The van der Waals surface area contributed by atoms with Crippen LogP contribution in [-0.4, -0.2) is 43.8 Å². The van der Waals surface area contributed by atoms with Crippen LogP contribution < -0.4 is 4.74 Å². The van der Waals surface area contributed by atoms with Gasteiger partial charge in [-0.05, 0) is 43.2 Å². The van der Waals surface area contributed by atoms with E-state index in [-0.39, 0.29) is 17.6 Å².